The van der Waals surface area contributed by atoms with Gasteiger partial charge in [0.05, 0.1) is 17.4 Å². The lowest BCUT2D eigenvalue weighted by Crippen LogP contribution is -2.45. The number of likely N-dealkylation sites (N-methyl/N-ethyl adjacent to an activating group) is 2. The van der Waals surface area contributed by atoms with E-state index in [1.54, 1.807) is 20.9 Å². The van der Waals surface area contributed by atoms with Crippen molar-refractivity contribution < 1.29 is 18.4 Å². The number of hydrogen-bond donors (Lipinski definition) is 3. The standard InChI is InChI=1S/C11H15F2N3O.C7H14N2O/c1-6(2)11(5-17)16(15)10-4-8(13)7(12)3-9(10)14;1-8-7(10)6-4-3-5-9(6)2/h3-6,11H,14-15H2,1-2H3;6H,3-5H2,1-2H3,(H,8,10). The van der Waals surface area contributed by atoms with Gasteiger partial charge in [0.15, 0.2) is 11.6 Å². The average Bonchev–Trinajstić information content (AvgIpc) is 3.04. The van der Waals surface area contributed by atoms with Crippen molar-refractivity contribution in [1.29, 1.82) is 0 Å². The number of likely N-dealkylation sites (tertiary alicyclic amines) is 1. The number of hydrogen-bond acceptors (Lipinski definition) is 6. The smallest absolute Gasteiger partial charge is 0.237 e. The maximum absolute atomic E-state index is 13.1. The van der Waals surface area contributed by atoms with Crippen molar-refractivity contribution in [3.8, 4) is 0 Å². The van der Waals surface area contributed by atoms with Gasteiger partial charge in [-0.3, -0.25) is 14.7 Å². The summed E-state index contributed by atoms with van der Waals surface area (Å²) in [7, 11) is 3.68. The quantitative estimate of drug-likeness (QED) is 0.305. The summed E-state index contributed by atoms with van der Waals surface area (Å²) < 4.78 is 26.0. The number of aldehydes is 1. The minimum atomic E-state index is -1.06. The summed E-state index contributed by atoms with van der Waals surface area (Å²) in [6.45, 7) is 4.63. The van der Waals surface area contributed by atoms with Crippen LogP contribution in [0.1, 0.15) is 26.7 Å². The number of nitrogens with zero attached hydrogens (tertiary/aromatic N) is 2. The molecule has 2 unspecified atom stereocenters. The fourth-order valence-electron chi connectivity index (χ4n) is 2.89. The van der Waals surface area contributed by atoms with Gasteiger partial charge in [-0.05, 0) is 32.4 Å². The van der Waals surface area contributed by atoms with E-state index < -0.39 is 17.7 Å². The van der Waals surface area contributed by atoms with Crippen LogP contribution in [0.25, 0.3) is 0 Å². The van der Waals surface area contributed by atoms with Gasteiger partial charge in [0.25, 0.3) is 0 Å². The highest BCUT2D eigenvalue weighted by atomic mass is 19.2. The van der Waals surface area contributed by atoms with Gasteiger partial charge in [-0.2, -0.15) is 0 Å². The summed E-state index contributed by atoms with van der Waals surface area (Å²) >= 11 is 0. The van der Waals surface area contributed by atoms with E-state index in [9.17, 15) is 18.4 Å². The van der Waals surface area contributed by atoms with Gasteiger partial charge in [0.2, 0.25) is 5.91 Å². The van der Waals surface area contributed by atoms with E-state index in [1.165, 1.54) is 0 Å². The number of nitrogens with one attached hydrogen (secondary N) is 1. The van der Waals surface area contributed by atoms with Gasteiger partial charge in [-0.25, -0.2) is 14.6 Å². The molecule has 0 aliphatic carbocycles. The van der Waals surface area contributed by atoms with E-state index in [2.05, 4.69) is 10.2 Å². The van der Waals surface area contributed by atoms with Gasteiger partial charge in [0.1, 0.15) is 12.3 Å². The molecule has 1 aliphatic heterocycles. The third-order valence-electron chi connectivity index (χ3n) is 4.56. The molecule has 0 bridgehead atoms. The Labute approximate surface area is 158 Å². The number of amides is 1. The first-order valence-corrected chi connectivity index (χ1v) is 8.79. The summed E-state index contributed by atoms with van der Waals surface area (Å²) in [5, 5.41) is 3.71. The number of benzene rings is 1. The molecular weight excluding hydrogens is 356 g/mol. The maximum atomic E-state index is 13.1. The molecule has 2 rings (SSSR count). The van der Waals surface area contributed by atoms with Crippen molar-refractivity contribution in [2.24, 2.45) is 11.8 Å². The van der Waals surface area contributed by atoms with Crippen molar-refractivity contribution >= 4 is 23.6 Å². The Morgan fingerprint density at radius 1 is 1.37 bits per heavy atom. The Morgan fingerprint density at radius 2 is 1.96 bits per heavy atom. The number of anilines is 2. The largest absolute Gasteiger partial charge is 0.397 e. The van der Waals surface area contributed by atoms with Crippen LogP contribution in [-0.2, 0) is 9.59 Å². The normalized spacial score (nSPS) is 17.9. The highest BCUT2D eigenvalue weighted by Crippen LogP contribution is 2.26. The second-order valence-electron chi connectivity index (χ2n) is 6.86. The van der Waals surface area contributed by atoms with Crippen molar-refractivity contribution in [2.45, 2.75) is 38.8 Å². The Bertz CT molecular complexity index is 657. The fraction of sp³-hybridized carbons (Fsp3) is 0.556. The zero-order valence-electron chi connectivity index (χ0n) is 16.2. The van der Waals surface area contributed by atoms with E-state index in [4.69, 9.17) is 11.6 Å². The number of rotatable bonds is 5. The van der Waals surface area contributed by atoms with Gasteiger partial charge in [-0.1, -0.05) is 13.8 Å². The minimum Gasteiger partial charge on any atom is -0.397 e. The average molecular weight is 385 g/mol. The van der Waals surface area contributed by atoms with E-state index in [0.29, 0.717) is 6.29 Å². The summed E-state index contributed by atoms with van der Waals surface area (Å²) in [5.74, 6) is 3.67. The van der Waals surface area contributed by atoms with E-state index in [0.717, 1.165) is 36.5 Å². The van der Waals surface area contributed by atoms with Crippen LogP contribution < -0.4 is 21.9 Å². The van der Waals surface area contributed by atoms with Crippen LogP contribution >= 0.6 is 0 Å². The fourth-order valence-corrected chi connectivity index (χ4v) is 2.89. The molecule has 1 fully saturated rings. The number of carbonyl (C=O) groups is 2. The van der Waals surface area contributed by atoms with E-state index in [-0.39, 0.29) is 29.2 Å². The summed E-state index contributed by atoms with van der Waals surface area (Å²) in [6, 6.07) is 1.20. The molecule has 1 aromatic rings. The highest BCUT2D eigenvalue weighted by molar-refractivity contribution is 5.81. The van der Waals surface area contributed by atoms with Crippen molar-refractivity contribution in [3.05, 3.63) is 23.8 Å². The number of nitrogen functional groups attached to an aromatic ring is 1. The maximum Gasteiger partial charge on any atom is 0.237 e. The third-order valence-corrected chi connectivity index (χ3v) is 4.56. The minimum absolute atomic E-state index is 0.0149. The lowest BCUT2D eigenvalue weighted by Gasteiger charge is -2.28. The first-order valence-electron chi connectivity index (χ1n) is 8.79. The Hall–Kier alpha value is -2.26. The molecule has 1 aliphatic rings. The molecule has 9 heteroatoms. The lowest BCUT2D eigenvalue weighted by atomic mass is 10.0. The Morgan fingerprint density at radius 3 is 2.41 bits per heavy atom. The molecule has 7 nitrogen and oxygen atoms in total. The van der Waals surface area contributed by atoms with E-state index >= 15 is 0 Å². The van der Waals surface area contributed by atoms with Gasteiger partial charge in [0, 0.05) is 19.2 Å². The molecule has 152 valence electrons. The second kappa shape index (κ2) is 10.2. The molecule has 1 saturated heterocycles. The van der Waals surface area contributed by atoms with Gasteiger partial charge in [-0.15, -0.1) is 0 Å². The molecule has 2 atom stereocenters. The van der Waals surface area contributed by atoms with Crippen LogP contribution in [0.5, 0.6) is 0 Å². The third kappa shape index (κ3) is 5.86. The summed E-state index contributed by atoms with van der Waals surface area (Å²) in [5.41, 5.74) is 5.62. The predicted octanol–water partition coefficient (Wildman–Crippen LogP) is 1.28. The molecular formula is C18H29F2N5O2. The zero-order valence-corrected chi connectivity index (χ0v) is 16.2. The molecule has 5 N–H and O–H groups in total. The van der Waals surface area contributed by atoms with Crippen LogP contribution in [-0.4, -0.2) is 49.8 Å². The number of halogens is 2. The number of hydrazine groups is 1. The molecule has 1 heterocycles. The highest BCUT2D eigenvalue weighted by Gasteiger charge is 2.26. The molecule has 0 radical (unpaired) electrons. The van der Waals surface area contributed by atoms with Crippen LogP contribution in [0.2, 0.25) is 0 Å². The monoisotopic (exact) mass is 385 g/mol. The van der Waals surface area contributed by atoms with Crippen molar-refractivity contribution in [3.63, 3.8) is 0 Å². The van der Waals surface area contributed by atoms with E-state index in [1.807, 2.05) is 7.05 Å². The van der Waals surface area contributed by atoms with Crippen LogP contribution in [0.15, 0.2) is 12.1 Å². The van der Waals surface area contributed by atoms with Crippen LogP contribution in [0.3, 0.4) is 0 Å². The summed E-state index contributed by atoms with van der Waals surface area (Å²) in [4.78, 5) is 24.1. The molecule has 0 saturated carbocycles. The lowest BCUT2D eigenvalue weighted by molar-refractivity contribution is -0.124. The second-order valence-corrected chi connectivity index (χ2v) is 6.86. The zero-order chi connectivity index (χ0) is 20.7. The van der Waals surface area contributed by atoms with Gasteiger partial charge < -0.3 is 15.8 Å². The molecule has 0 spiro atoms. The molecule has 1 amide bonds. The number of carbonyl (C=O) groups excluding carboxylic acids is 2. The first kappa shape index (κ1) is 22.8. The number of nitrogens with two attached hydrogens (primary N) is 2. The van der Waals surface area contributed by atoms with Gasteiger partial charge >= 0.3 is 0 Å². The SMILES string of the molecule is CC(C)C(C=O)N(N)c1cc(F)c(F)cc1N.CNC(=O)C1CCCN1C. The summed E-state index contributed by atoms with van der Waals surface area (Å²) in [6.07, 6.45) is 2.80. The topological polar surface area (TPSA) is 105 Å². The molecule has 0 aromatic heterocycles. The van der Waals surface area contributed by atoms with Crippen LogP contribution in [0.4, 0.5) is 20.2 Å². The Balaban J connectivity index is 0.000000309. The molecule has 1 aromatic carbocycles. The predicted molar refractivity (Wildman–Crippen MR) is 102 cm³/mol. The van der Waals surface area contributed by atoms with Crippen molar-refractivity contribution in [2.75, 3.05) is 31.4 Å². The molecule has 27 heavy (non-hydrogen) atoms. The van der Waals surface area contributed by atoms with Crippen LogP contribution in [0, 0.1) is 17.6 Å². The first-order chi connectivity index (χ1) is 12.6. The Kier molecular flexibility index (Phi) is 8.58. The van der Waals surface area contributed by atoms with Crippen molar-refractivity contribution in [1.82, 2.24) is 10.2 Å².